The van der Waals surface area contributed by atoms with Crippen LogP contribution in [0.5, 0.6) is 0 Å². The van der Waals surface area contributed by atoms with E-state index in [4.69, 9.17) is 0 Å². The fraction of sp³-hybridized carbons (Fsp3) is 0.500. The quantitative estimate of drug-likeness (QED) is 0.289. The van der Waals surface area contributed by atoms with E-state index in [9.17, 15) is 0 Å². The van der Waals surface area contributed by atoms with E-state index in [1.165, 1.54) is 12.1 Å². The summed E-state index contributed by atoms with van der Waals surface area (Å²) < 4.78 is 66.5. The van der Waals surface area contributed by atoms with Gasteiger partial charge in [-0.2, -0.15) is 0 Å². The molecule has 2 aromatic rings. The van der Waals surface area contributed by atoms with Crippen LogP contribution in [0.4, 0.5) is 28.9 Å². The summed E-state index contributed by atoms with van der Waals surface area (Å²) in [7, 11) is -7.56. The van der Waals surface area contributed by atoms with Crippen molar-refractivity contribution in [3.8, 4) is 0 Å². The summed E-state index contributed by atoms with van der Waals surface area (Å²) in [5.41, 5.74) is 0.879. The standard InChI is InChI=1S/2C12H18F2NSi2.Ti/c2*1-16(2)7-8-17(3,4)15(16)12-6-5-10(13)9-11(12)14;/h2*5-6H,7-8H2,1-4H3;. The molecule has 2 aromatic carbocycles. The summed E-state index contributed by atoms with van der Waals surface area (Å²) in [6.07, 6.45) is 0. The van der Waals surface area contributed by atoms with Crippen molar-refractivity contribution in [2.75, 3.05) is 8.46 Å². The van der Waals surface area contributed by atoms with Crippen molar-refractivity contribution in [1.29, 1.82) is 0 Å². The SMILES string of the molecule is C[Si]1(C)CC[Si](C)(C)N1c1ccc(F)[c]([Ti][c]2c(F)ccc(N3[Si](C)(C)CC[Si]3(C)C)c2F)c1F. The first-order chi connectivity index (χ1) is 16.0. The molecule has 0 N–H and O–H groups in total. The molecule has 0 radical (unpaired) electrons. The molecule has 4 rings (SSSR count). The third-order valence-electron chi connectivity index (χ3n) is 7.99. The molecule has 0 unspecified atom stereocenters. The van der Waals surface area contributed by atoms with Crippen LogP contribution in [0.3, 0.4) is 0 Å². The van der Waals surface area contributed by atoms with E-state index in [0.717, 1.165) is 24.2 Å². The van der Waals surface area contributed by atoms with E-state index in [1.807, 2.05) is 0 Å². The van der Waals surface area contributed by atoms with E-state index in [2.05, 4.69) is 60.8 Å². The zero-order valence-electron chi connectivity index (χ0n) is 22.0. The van der Waals surface area contributed by atoms with Crippen molar-refractivity contribution in [3.05, 3.63) is 47.5 Å². The number of hydrogen-bond donors (Lipinski definition) is 0. The van der Waals surface area contributed by atoms with E-state index in [-0.39, 0.29) is 7.74 Å². The molecule has 2 aliphatic heterocycles. The second-order valence-electron chi connectivity index (χ2n) is 12.6. The van der Waals surface area contributed by atoms with Gasteiger partial charge in [0.1, 0.15) is 0 Å². The van der Waals surface area contributed by atoms with E-state index >= 15 is 17.6 Å². The van der Waals surface area contributed by atoms with Gasteiger partial charge in [-0.25, -0.2) is 0 Å². The van der Waals surface area contributed by atoms with E-state index in [1.54, 1.807) is 12.1 Å². The van der Waals surface area contributed by atoms with Gasteiger partial charge >= 0.3 is 221 Å². The van der Waals surface area contributed by atoms with Crippen LogP contribution in [0, 0.1) is 23.3 Å². The Kier molecular flexibility index (Phi) is 7.02. The normalized spacial score (nSPS) is 22.1. The van der Waals surface area contributed by atoms with Crippen LogP contribution >= 0.6 is 0 Å². The number of nitrogens with zero attached hydrogens (tertiary/aromatic N) is 2. The molecule has 35 heavy (non-hydrogen) atoms. The average Bonchev–Trinajstić information content (AvgIpc) is 3.09. The van der Waals surface area contributed by atoms with E-state index in [0.29, 0.717) is 11.4 Å². The second-order valence-corrected chi connectivity index (χ2v) is 33.7. The monoisotopic (exact) mass is 588 g/mol. The van der Waals surface area contributed by atoms with Gasteiger partial charge in [0.25, 0.3) is 0 Å². The number of rotatable bonds is 4. The van der Waals surface area contributed by atoms with Crippen molar-refractivity contribution < 1.29 is 36.7 Å². The molecule has 2 saturated heterocycles. The first-order valence-electron chi connectivity index (χ1n) is 12.3. The third-order valence-corrected chi connectivity index (χ3v) is 30.2. The molecule has 11 heteroatoms. The van der Waals surface area contributed by atoms with Crippen molar-refractivity contribution in [2.45, 2.75) is 76.6 Å². The van der Waals surface area contributed by atoms with Gasteiger partial charge in [0, 0.05) is 0 Å². The molecule has 2 heterocycles. The summed E-state index contributed by atoms with van der Waals surface area (Å²) in [4.78, 5) is 0. The molecule has 0 aliphatic carbocycles. The molecule has 0 atom stereocenters. The van der Waals surface area contributed by atoms with Gasteiger partial charge in [0.05, 0.1) is 0 Å². The van der Waals surface area contributed by atoms with Crippen molar-refractivity contribution in [2.24, 2.45) is 0 Å². The number of hydrogen-bond acceptors (Lipinski definition) is 2. The minimum absolute atomic E-state index is 0.117. The summed E-state index contributed by atoms with van der Waals surface area (Å²) in [6.45, 7) is 17.8. The van der Waals surface area contributed by atoms with Gasteiger partial charge in [-0.15, -0.1) is 0 Å². The van der Waals surface area contributed by atoms with Crippen LogP contribution in [-0.4, -0.2) is 32.9 Å². The summed E-state index contributed by atoms with van der Waals surface area (Å²) in [5, 5.41) is 0. The van der Waals surface area contributed by atoms with Gasteiger partial charge in [-0.1, -0.05) is 0 Å². The van der Waals surface area contributed by atoms with Crippen molar-refractivity contribution in [1.82, 2.24) is 0 Å². The molecule has 0 aromatic heterocycles. The van der Waals surface area contributed by atoms with Gasteiger partial charge in [0.15, 0.2) is 0 Å². The molecule has 2 fully saturated rings. The van der Waals surface area contributed by atoms with Crippen LogP contribution in [0.25, 0.3) is 0 Å². The molecular formula is C24H36F4N2Si4Ti. The van der Waals surface area contributed by atoms with Crippen molar-refractivity contribution >= 4 is 52.1 Å². The van der Waals surface area contributed by atoms with E-state index < -0.39 is 75.4 Å². The summed E-state index contributed by atoms with van der Waals surface area (Å²) in [5.74, 6) is -2.61. The number of benzene rings is 2. The summed E-state index contributed by atoms with van der Waals surface area (Å²) in [6, 6.07) is 10.0. The molecule has 2 nitrogen and oxygen atoms in total. The molecule has 0 amide bonds. The minimum atomic E-state index is -1.92. The zero-order valence-corrected chi connectivity index (χ0v) is 27.6. The molecule has 0 spiro atoms. The molecule has 0 bridgehead atoms. The van der Waals surface area contributed by atoms with Crippen LogP contribution in [0.1, 0.15) is 0 Å². The first-order valence-corrected chi connectivity index (χ1v) is 26.5. The Morgan fingerprint density at radius 1 is 0.543 bits per heavy atom. The fourth-order valence-electron chi connectivity index (χ4n) is 6.40. The van der Waals surface area contributed by atoms with Crippen LogP contribution in [0.2, 0.25) is 76.6 Å². The maximum atomic E-state index is 16.0. The second kappa shape index (κ2) is 8.97. The third kappa shape index (κ3) is 4.72. The van der Waals surface area contributed by atoms with Gasteiger partial charge in [-0.3, -0.25) is 0 Å². The predicted molar refractivity (Wildman–Crippen MR) is 146 cm³/mol. The Balaban J connectivity index is 1.81. The molecule has 2 aliphatic rings. The maximum absolute atomic E-state index is 16.0. The van der Waals surface area contributed by atoms with Crippen LogP contribution in [-0.2, 0) is 19.2 Å². The van der Waals surface area contributed by atoms with Crippen molar-refractivity contribution in [3.63, 3.8) is 0 Å². The Hall–Kier alpha value is -0.658. The van der Waals surface area contributed by atoms with Crippen LogP contribution in [0.15, 0.2) is 24.3 Å². The fourth-order valence-corrected chi connectivity index (χ4v) is 36.6. The zero-order chi connectivity index (χ0) is 26.1. The van der Waals surface area contributed by atoms with Gasteiger partial charge in [0.2, 0.25) is 0 Å². The Labute approximate surface area is 220 Å². The average molecular weight is 589 g/mol. The predicted octanol–water partition coefficient (Wildman–Crippen LogP) is 6.74. The number of halogens is 4. The summed E-state index contributed by atoms with van der Waals surface area (Å²) >= 11 is -1.92. The molecular weight excluding hydrogens is 552 g/mol. The van der Waals surface area contributed by atoms with Gasteiger partial charge < -0.3 is 0 Å². The number of anilines is 2. The molecule has 0 saturated carbocycles. The Morgan fingerprint density at radius 3 is 1.11 bits per heavy atom. The Morgan fingerprint density at radius 2 is 0.829 bits per heavy atom. The molecule has 190 valence electrons. The topological polar surface area (TPSA) is 6.48 Å². The Bertz CT molecular complexity index is 1050. The first kappa shape index (κ1) is 27.4. The van der Waals surface area contributed by atoms with Gasteiger partial charge in [-0.05, 0) is 0 Å². The van der Waals surface area contributed by atoms with Crippen LogP contribution < -0.4 is 16.2 Å².